The molecule has 0 aliphatic rings. The summed E-state index contributed by atoms with van der Waals surface area (Å²) in [5.41, 5.74) is 1.84. The van der Waals surface area contributed by atoms with Gasteiger partial charge in [0, 0.05) is 5.56 Å². The van der Waals surface area contributed by atoms with E-state index in [1.54, 1.807) is 19.1 Å². The van der Waals surface area contributed by atoms with Crippen molar-refractivity contribution in [1.82, 2.24) is 0 Å². The fourth-order valence-electron chi connectivity index (χ4n) is 1.86. The quantitative estimate of drug-likeness (QED) is 0.843. The van der Waals surface area contributed by atoms with Crippen molar-refractivity contribution < 1.29 is 13.9 Å². The number of furan rings is 1. The number of aliphatic hydroxyl groups is 1. The summed E-state index contributed by atoms with van der Waals surface area (Å²) in [6, 6.07) is 6.54. The molecule has 16 heavy (non-hydrogen) atoms. The second-order valence-electron chi connectivity index (χ2n) is 3.90. The second-order valence-corrected chi connectivity index (χ2v) is 3.90. The number of aryl methyl sites for hydroxylation is 2. The fraction of sp³-hybridized carbons (Fsp3) is 0.231. The summed E-state index contributed by atoms with van der Waals surface area (Å²) in [5.74, 6) is -0.0488. The molecule has 2 rings (SSSR count). The first-order valence-corrected chi connectivity index (χ1v) is 5.07. The zero-order chi connectivity index (χ0) is 11.7. The Kier molecular flexibility index (Phi) is 2.79. The van der Waals surface area contributed by atoms with Crippen LogP contribution in [0.4, 0.5) is 4.39 Å². The molecule has 0 aliphatic carbocycles. The molecule has 0 aliphatic heterocycles. The van der Waals surface area contributed by atoms with E-state index in [0.29, 0.717) is 5.76 Å². The Morgan fingerprint density at radius 3 is 2.62 bits per heavy atom. The molecule has 0 radical (unpaired) electrons. The smallest absolute Gasteiger partial charge is 0.140 e. The van der Waals surface area contributed by atoms with E-state index in [-0.39, 0.29) is 5.56 Å². The lowest BCUT2D eigenvalue weighted by Gasteiger charge is -2.13. The number of aliphatic hydroxyl groups excluding tert-OH is 1. The summed E-state index contributed by atoms with van der Waals surface area (Å²) < 4.78 is 18.8. The van der Waals surface area contributed by atoms with Crippen LogP contribution in [0, 0.1) is 19.7 Å². The summed E-state index contributed by atoms with van der Waals surface area (Å²) >= 11 is 0. The van der Waals surface area contributed by atoms with Crippen LogP contribution in [0.15, 0.2) is 34.9 Å². The molecule has 1 N–H and O–H groups in total. The van der Waals surface area contributed by atoms with Gasteiger partial charge in [0.2, 0.25) is 0 Å². The van der Waals surface area contributed by atoms with Crippen molar-refractivity contribution >= 4 is 0 Å². The highest BCUT2D eigenvalue weighted by atomic mass is 19.1. The molecule has 1 aromatic carbocycles. The van der Waals surface area contributed by atoms with Crippen molar-refractivity contribution in [1.29, 1.82) is 0 Å². The molecule has 1 unspecified atom stereocenters. The van der Waals surface area contributed by atoms with Crippen molar-refractivity contribution in [2.75, 3.05) is 0 Å². The first kappa shape index (κ1) is 10.9. The molecule has 1 atom stereocenters. The predicted molar refractivity (Wildman–Crippen MR) is 58.6 cm³/mol. The minimum atomic E-state index is -1.05. The minimum absolute atomic E-state index is 0.278. The SMILES string of the molecule is Cc1cc(C)c(C(O)c2ccco2)c(F)c1. The van der Waals surface area contributed by atoms with E-state index in [4.69, 9.17) is 4.42 Å². The third-order valence-corrected chi connectivity index (χ3v) is 2.57. The third kappa shape index (κ3) is 1.86. The van der Waals surface area contributed by atoms with Crippen molar-refractivity contribution in [3.63, 3.8) is 0 Å². The second kappa shape index (κ2) is 4.10. The van der Waals surface area contributed by atoms with E-state index in [1.165, 1.54) is 12.3 Å². The minimum Gasteiger partial charge on any atom is -0.466 e. The van der Waals surface area contributed by atoms with Crippen molar-refractivity contribution in [2.24, 2.45) is 0 Å². The van der Waals surface area contributed by atoms with Gasteiger partial charge >= 0.3 is 0 Å². The molecule has 3 heteroatoms. The zero-order valence-corrected chi connectivity index (χ0v) is 9.20. The summed E-state index contributed by atoms with van der Waals surface area (Å²) in [5, 5.41) is 10.00. The molecular formula is C13H13FO2. The van der Waals surface area contributed by atoms with Crippen LogP contribution in [0.3, 0.4) is 0 Å². The van der Waals surface area contributed by atoms with Gasteiger partial charge in [-0.2, -0.15) is 0 Å². The average Bonchev–Trinajstić information content (AvgIpc) is 2.67. The van der Waals surface area contributed by atoms with Gasteiger partial charge in [0.05, 0.1) is 6.26 Å². The van der Waals surface area contributed by atoms with Gasteiger partial charge in [-0.15, -0.1) is 0 Å². The third-order valence-electron chi connectivity index (χ3n) is 2.57. The number of benzene rings is 1. The number of halogens is 1. The van der Waals surface area contributed by atoms with Gasteiger partial charge < -0.3 is 9.52 Å². The molecule has 0 spiro atoms. The van der Waals surface area contributed by atoms with E-state index >= 15 is 0 Å². The molecule has 1 aromatic heterocycles. The summed E-state index contributed by atoms with van der Waals surface area (Å²) in [4.78, 5) is 0. The number of hydrogen-bond acceptors (Lipinski definition) is 2. The Hall–Kier alpha value is -1.61. The molecule has 84 valence electrons. The van der Waals surface area contributed by atoms with Gasteiger partial charge in [0.15, 0.2) is 0 Å². The number of hydrogen-bond donors (Lipinski definition) is 1. The van der Waals surface area contributed by atoms with Gasteiger partial charge in [-0.25, -0.2) is 4.39 Å². The van der Waals surface area contributed by atoms with Crippen molar-refractivity contribution in [3.05, 3.63) is 58.8 Å². The molecule has 0 saturated heterocycles. The summed E-state index contributed by atoms with van der Waals surface area (Å²) in [6.45, 7) is 3.59. The van der Waals surface area contributed by atoms with E-state index in [9.17, 15) is 9.50 Å². The van der Waals surface area contributed by atoms with Crippen LogP contribution in [0.25, 0.3) is 0 Å². The Morgan fingerprint density at radius 2 is 2.06 bits per heavy atom. The normalized spacial score (nSPS) is 12.8. The van der Waals surface area contributed by atoms with E-state index in [1.807, 2.05) is 13.0 Å². The zero-order valence-electron chi connectivity index (χ0n) is 9.20. The Morgan fingerprint density at radius 1 is 1.31 bits per heavy atom. The van der Waals surface area contributed by atoms with E-state index < -0.39 is 11.9 Å². The van der Waals surface area contributed by atoms with Crippen LogP contribution in [-0.2, 0) is 0 Å². The molecule has 2 nitrogen and oxygen atoms in total. The lowest BCUT2D eigenvalue weighted by Crippen LogP contribution is -2.04. The highest BCUT2D eigenvalue weighted by Gasteiger charge is 2.19. The monoisotopic (exact) mass is 220 g/mol. The maximum absolute atomic E-state index is 13.8. The number of rotatable bonds is 2. The van der Waals surface area contributed by atoms with Crippen LogP contribution in [-0.4, -0.2) is 5.11 Å². The Labute approximate surface area is 93.3 Å². The highest BCUT2D eigenvalue weighted by molar-refractivity contribution is 5.36. The van der Waals surface area contributed by atoms with Gasteiger partial charge in [-0.05, 0) is 43.2 Å². The van der Waals surface area contributed by atoms with E-state index in [0.717, 1.165) is 11.1 Å². The molecule has 0 bridgehead atoms. The van der Waals surface area contributed by atoms with Crippen molar-refractivity contribution in [2.45, 2.75) is 20.0 Å². The van der Waals surface area contributed by atoms with E-state index in [2.05, 4.69) is 0 Å². The average molecular weight is 220 g/mol. The van der Waals surface area contributed by atoms with Crippen LogP contribution < -0.4 is 0 Å². The topological polar surface area (TPSA) is 33.4 Å². The standard InChI is InChI=1S/C13H13FO2/c1-8-6-9(2)12(10(14)7-8)13(15)11-4-3-5-16-11/h3-7,13,15H,1-2H3. The summed E-state index contributed by atoms with van der Waals surface area (Å²) in [6.07, 6.45) is 0.413. The van der Waals surface area contributed by atoms with Gasteiger partial charge in [0.25, 0.3) is 0 Å². The van der Waals surface area contributed by atoms with Crippen molar-refractivity contribution in [3.8, 4) is 0 Å². The van der Waals surface area contributed by atoms with Crippen LogP contribution in [0.5, 0.6) is 0 Å². The first-order valence-electron chi connectivity index (χ1n) is 5.07. The highest BCUT2D eigenvalue weighted by Crippen LogP contribution is 2.28. The lowest BCUT2D eigenvalue weighted by atomic mass is 9.99. The predicted octanol–water partition coefficient (Wildman–Crippen LogP) is 3.12. The van der Waals surface area contributed by atoms with Gasteiger partial charge in [-0.1, -0.05) is 6.07 Å². The molecule has 2 aromatic rings. The molecule has 1 heterocycles. The van der Waals surface area contributed by atoms with Gasteiger partial charge in [-0.3, -0.25) is 0 Å². The molecule has 0 amide bonds. The first-order chi connectivity index (χ1) is 7.59. The maximum Gasteiger partial charge on any atom is 0.140 e. The molecular weight excluding hydrogens is 207 g/mol. The molecule has 0 fully saturated rings. The fourth-order valence-corrected chi connectivity index (χ4v) is 1.86. The summed E-state index contributed by atoms with van der Waals surface area (Å²) in [7, 11) is 0. The molecule has 0 saturated carbocycles. The van der Waals surface area contributed by atoms with Crippen LogP contribution in [0.2, 0.25) is 0 Å². The van der Waals surface area contributed by atoms with Crippen LogP contribution in [0.1, 0.15) is 28.6 Å². The maximum atomic E-state index is 13.8. The Balaban J connectivity index is 2.48. The Bertz CT molecular complexity index is 466. The lowest BCUT2D eigenvalue weighted by molar-refractivity contribution is 0.184. The van der Waals surface area contributed by atoms with Gasteiger partial charge in [0.1, 0.15) is 17.7 Å². The largest absolute Gasteiger partial charge is 0.466 e. The van der Waals surface area contributed by atoms with Crippen LogP contribution >= 0.6 is 0 Å².